The van der Waals surface area contributed by atoms with Crippen molar-refractivity contribution in [3.63, 3.8) is 0 Å². The van der Waals surface area contributed by atoms with E-state index in [0.29, 0.717) is 30.2 Å². The number of hydrogen-bond donors (Lipinski definition) is 1. The average Bonchev–Trinajstić information content (AvgIpc) is 2.98. The summed E-state index contributed by atoms with van der Waals surface area (Å²) in [5, 5.41) is 0. The number of imidazole rings is 1. The van der Waals surface area contributed by atoms with Crippen molar-refractivity contribution >= 4 is 15.9 Å². The van der Waals surface area contributed by atoms with Crippen molar-refractivity contribution in [2.75, 3.05) is 20.2 Å². The van der Waals surface area contributed by atoms with Crippen molar-refractivity contribution in [3.05, 3.63) is 66.0 Å². The Kier molecular flexibility index (Phi) is 5.31. The van der Waals surface area contributed by atoms with Gasteiger partial charge < -0.3 is 15.0 Å². The Morgan fingerprint density at radius 2 is 1.83 bits per heavy atom. The molecule has 1 aliphatic heterocycles. The van der Waals surface area contributed by atoms with Gasteiger partial charge in [0, 0.05) is 37.7 Å². The van der Waals surface area contributed by atoms with Gasteiger partial charge in [0.25, 0.3) is 5.91 Å². The summed E-state index contributed by atoms with van der Waals surface area (Å²) in [4.78, 5) is 16.6. The summed E-state index contributed by atoms with van der Waals surface area (Å²) >= 11 is 0. The van der Waals surface area contributed by atoms with Gasteiger partial charge >= 0.3 is 0 Å². The maximum absolute atomic E-state index is 13.2. The molecular weight excluding hydrogens is 404 g/mol. The number of nitrogens with zero attached hydrogens (tertiary/aromatic N) is 3. The molecule has 2 aromatic carbocycles. The molecule has 2 heterocycles. The van der Waals surface area contributed by atoms with Gasteiger partial charge in [0.1, 0.15) is 17.3 Å². The second-order valence-electron chi connectivity index (χ2n) is 6.95. The Morgan fingerprint density at radius 3 is 2.53 bits per heavy atom. The lowest BCUT2D eigenvalue weighted by atomic mass is 10.2. The van der Waals surface area contributed by atoms with Gasteiger partial charge in [-0.2, -0.15) is 4.31 Å². The number of carbonyl (C=O) groups excluding carboxylic acids is 1. The van der Waals surface area contributed by atoms with Crippen LogP contribution in [0.1, 0.15) is 16.2 Å². The molecule has 0 spiro atoms. The third-order valence-corrected chi connectivity index (χ3v) is 7.08. The summed E-state index contributed by atoms with van der Waals surface area (Å²) in [6.45, 7) is 0.837. The highest BCUT2D eigenvalue weighted by Crippen LogP contribution is 2.27. The quantitative estimate of drug-likeness (QED) is 0.671. The minimum atomic E-state index is -3.72. The van der Waals surface area contributed by atoms with E-state index in [1.165, 1.54) is 17.5 Å². The summed E-state index contributed by atoms with van der Waals surface area (Å²) in [5.41, 5.74) is 7.25. The lowest BCUT2D eigenvalue weighted by Gasteiger charge is -2.20. The molecule has 0 atom stereocenters. The Hall–Kier alpha value is -3.17. The van der Waals surface area contributed by atoms with E-state index in [2.05, 4.69) is 4.98 Å². The number of aromatic nitrogens is 2. The van der Waals surface area contributed by atoms with Gasteiger partial charge in [0.05, 0.1) is 17.7 Å². The summed E-state index contributed by atoms with van der Waals surface area (Å²) in [6.07, 6.45) is 0.335. The molecule has 8 nitrogen and oxygen atoms in total. The van der Waals surface area contributed by atoms with Crippen molar-refractivity contribution in [1.82, 2.24) is 13.9 Å². The predicted octanol–water partition coefficient (Wildman–Crippen LogP) is 1.90. The molecule has 0 bridgehead atoms. The van der Waals surface area contributed by atoms with Gasteiger partial charge in [-0.25, -0.2) is 13.4 Å². The molecule has 0 fully saturated rings. The molecule has 156 valence electrons. The first-order valence-electron chi connectivity index (χ1n) is 9.50. The van der Waals surface area contributed by atoms with E-state index >= 15 is 0 Å². The number of rotatable bonds is 5. The zero-order chi connectivity index (χ0) is 21.3. The summed E-state index contributed by atoms with van der Waals surface area (Å²) in [5.74, 6) is 0.466. The highest BCUT2D eigenvalue weighted by Gasteiger charge is 2.30. The predicted molar refractivity (Wildman–Crippen MR) is 112 cm³/mol. The van der Waals surface area contributed by atoms with Gasteiger partial charge in [-0.3, -0.25) is 4.79 Å². The summed E-state index contributed by atoms with van der Waals surface area (Å²) < 4.78 is 34.9. The molecule has 0 saturated heterocycles. The summed E-state index contributed by atoms with van der Waals surface area (Å²) in [6, 6.07) is 15.9. The highest BCUT2D eigenvalue weighted by atomic mass is 32.2. The van der Waals surface area contributed by atoms with Crippen LogP contribution in [0.4, 0.5) is 0 Å². The van der Waals surface area contributed by atoms with Gasteiger partial charge in [0.15, 0.2) is 0 Å². The van der Waals surface area contributed by atoms with Gasteiger partial charge in [0.2, 0.25) is 10.0 Å². The number of amides is 1. The van der Waals surface area contributed by atoms with E-state index in [9.17, 15) is 13.2 Å². The van der Waals surface area contributed by atoms with Crippen molar-refractivity contribution in [2.45, 2.75) is 17.9 Å². The first-order chi connectivity index (χ1) is 14.4. The molecule has 4 rings (SSSR count). The van der Waals surface area contributed by atoms with E-state index in [-0.39, 0.29) is 23.7 Å². The maximum Gasteiger partial charge on any atom is 0.269 e. The van der Waals surface area contributed by atoms with Crippen molar-refractivity contribution in [3.8, 4) is 17.1 Å². The highest BCUT2D eigenvalue weighted by molar-refractivity contribution is 7.89. The van der Waals surface area contributed by atoms with E-state index in [0.717, 1.165) is 5.56 Å². The van der Waals surface area contributed by atoms with Crippen LogP contribution in [-0.4, -0.2) is 48.4 Å². The van der Waals surface area contributed by atoms with Crippen LogP contribution in [0.2, 0.25) is 0 Å². The Balaban J connectivity index is 1.70. The average molecular weight is 426 g/mol. The Morgan fingerprint density at radius 1 is 1.07 bits per heavy atom. The molecule has 0 radical (unpaired) electrons. The Bertz CT molecular complexity index is 1190. The molecule has 0 saturated carbocycles. The number of nitrogens with two attached hydrogens (primary N) is 1. The third-order valence-electron chi connectivity index (χ3n) is 5.19. The first-order valence-corrected chi connectivity index (χ1v) is 10.9. The Labute approximate surface area is 175 Å². The molecule has 1 aromatic heterocycles. The number of benzene rings is 2. The third kappa shape index (κ3) is 3.57. The van der Waals surface area contributed by atoms with Crippen LogP contribution in [0.5, 0.6) is 5.75 Å². The lowest BCUT2D eigenvalue weighted by Crippen LogP contribution is -2.33. The molecule has 0 aliphatic carbocycles. The van der Waals surface area contributed by atoms with Crippen LogP contribution in [0.15, 0.2) is 59.5 Å². The number of sulfonamides is 1. The summed E-state index contributed by atoms with van der Waals surface area (Å²) in [7, 11) is -2.23. The molecular formula is C21H22N4O4S. The maximum atomic E-state index is 13.2. The number of ether oxygens (including phenoxy) is 1. The number of primary amides is 1. The van der Waals surface area contributed by atoms with E-state index in [1.807, 2.05) is 34.9 Å². The monoisotopic (exact) mass is 426 g/mol. The number of methoxy groups -OCH3 is 1. The molecule has 2 N–H and O–H groups in total. The fourth-order valence-electron chi connectivity index (χ4n) is 3.69. The normalized spacial score (nSPS) is 14.7. The minimum absolute atomic E-state index is 0.171. The lowest BCUT2D eigenvalue weighted by molar-refractivity contribution is 0.0995. The molecule has 1 amide bonds. The second-order valence-corrected chi connectivity index (χ2v) is 8.88. The zero-order valence-electron chi connectivity index (χ0n) is 16.5. The largest absolute Gasteiger partial charge is 0.497 e. The molecule has 0 unspecified atom stereocenters. The van der Waals surface area contributed by atoms with Crippen molar-refractivity contribution in [2.24, 2.45) is 5.73 Å². The van der Waals surface area contributed by atoms with Crippen LogP contribution in [0, 0.1) is 0 Å². The van der Waals surface area contributed by atoms with Crippen LogP contribution >= 0.6 is 0 Å². The zero-order valence-corrected chi connectivity index (χ0v) is 17.3. The molecule has 30 heavy (non-hydrogen) atoms. The fraction of sp³-hybridized carbons (Fsp3) is 0.238. The topological polar surface area (TPSA) is 108 Å². The van der Waals surface area contributed by atoms with Crippen molar-refractivity contribution in [1.29, 1.82) is 0 Å². The van der Waals surface area contributed by atoms with Crippen LogP contribution in [0.3, 0.4) is 0 Å². The van der Waals surface area contributed by atoms with E-state index in [1.54, 1.807) is 18.2 Å². The van der Waals surface area contributed by atoms with Crippen LogP contribution < -0.4 is 10.5 Å². The first kappa shape index (κ1) is 20.1. The van der Waals surface area contributed by atoms with E-state index in [4.69, 9.17) is 10.5 Å². The molecule has 1 aliphatic rings. The minimum Gasteiger partial charge on any atom is -0.497 e. The SMILES string of the molecule is COc1cccc(S(=O)(=O)N2CCc3c(C(N)=O)nc(-c4ccccc4)n3CC2)c1. The van der Waals surface area contributed by atoms with Crippen molar-refractivity contribution < 1.29 is 17.9 Å². The molecule has 9 heteroatoms. The van der Waals surface area contributed by atoms with Crippen LogP contribution in [-0.2, 0) is 23.0 Å². The smallest absolute Gasteiger partial charge is 0.269 e. The fourth-order valence-corrected chi connectivity index (χ4v) is 5.16. The van der Waals surface area contributed by atoms with Crippen LogP contribution in [0.25, 0.3) is 11.4 Å². The standard InChI is InChI=1S/C21H22N4O4S/c1-29-16-8-5-9-17(14-16)30(27,28)24-11-10-18-19(20(22)26)23-21(25(18)13-12-24)15-6-3-2-4-7-15/h2-9,14H,10-13H2,1H3,(H2,22,26). The molecule has 3 aromatic rings. The van der Waals surface area contributed by atoms with Gasteiger partial charge in [-0.15, -0.1) is 0 Å². The number of hydrogen-bond acceptors (Lipinski definition) is 5. The van der Waals surface area contributed by atoms with Gasteiger partial charge in [-0.05, 0) is 12.1 Å². The second kappa shape index (κ2) is 7.92. The van der Waals surface area contributed by atoms with E-state index < -0.39 is 15.9 Å². The number of fused-ring (bicyclic) bond motifs is 1. The van der Waals surface area contributed by atoms with Gasteiger partial charge in [-0.1, -0.05) is 36.4 Å². The number of carbonyl (C=O) groups is 1.